The van der Waals surface area contributed by atoms with Crippen LogP contribution in [0.25, 0.3) is 16.8 Å². The number of ether oxygens (including phenoxy) is 1. The van der Waals surface area contributed by atoms with E-state index < -0.39 is 0 Å². The van der Waals surface area contributed by atoms with Gasteiger partial charge in [-0.3, -0.25) is 4.79 Å². The van der Waals surface area contributed by atoms with Crippen molar-refractivity contribution in [2.24, 2.45) is 10.7 Å². The van der Waals surface area contributed by atoms with Gasteiger partial charge in [0.15, 0.2) is 5.69 Å². The van der Waals surface area contributed by atoms with E-state index in [9.17, 15) is 4.79 Å². The number of aryl methyl sites for hydroxylation is 2. The van der Waals surface area contributed by atoms with Gasteiger partial charge in [0.2, 0.25) is 5.43 Å². The normalized spacial score (nSPS) is 11.8. The van der Waals surface area contributed by atoms with Crippen molar-refractivity contribution in [3.8, 4) is 22.6 Å². The van der Waals surface area contributed by atoms with E-state index in [4.69, 9.17) is 15.0 Å². The molecule has 166 valence electrons. The number of nitrogens with two attached hydrogens (primary N) is 1. The second-order valence-electron chi connectivity index (χ2n) is 7.25. The number of para-hydroxylation sites is 1. The third-order valence-corrected chi connectivity index (χ3v) is 5.06. The van der Waals surface area contributed by atoms with Crippen molar-refractivity contribution >= 4 is 11.4 Å². The van der Waals surface area contributed by atoms with Crippen molar-refractivity contribution in [3.63, 3.8) is 0 Å². The average Bonchev–Trinajstić information content (AvgIpc) is 3.17. The first kappa shape index (κ1) is 21.8. The van der Waals surface area contributed by atoms with Gasteiger partial charge in [-0.25, -0.2) is 9.67 Å². The number of aliphatic imine (C=N–C) groups is 1. The molecule has 2 N–H and O–H groups in total. The van der Waals surface area contributed by atoms with E-state index in [0.717, 1.165) is 22.6 Å². The Morgan fingerprint density at radius 3 is 2.61 bits per heavy atom. The summed E-state index contributed by atoms with van der Waals surface area (Å²) in [6.45, 7) is 3.75. The van der Waals surface area contributed by atoms with Crippen LogP contribution in [0.15, 0.2) is 87.4 Å². The lowest BCUT2D eigenvalue weighted by Gasteiger charge is -2.13. The van der Waals surface area contributed by atoms with Gasteiger partial charge in [0.05, 0.1) is 24.2 Å². The Bertz CT molecular complexity index is 1380. The molecule has 0 aliphatic heterocycles. The van der Waals surface area contributed by atoms with Crippen molar-refractivity contribution < 1.29 is 9.26 Å². The van der Waals surface area contributed by atoms with Crippen LogP contribution in [-0.4, -0.2) is 27.8 Å². The fourth-order valence-electron chi connectivity index (χ4n) is 3.54. The molecule has 8 nitrogen and oxygen atoms in total. The highest BCUT2D eigenvalue weighted by Gasteiger charge is 2.16. The van der Waals surface area contributed by atoms with Crippen LogP contribution in [0.5, 0.6) is 5.75 Å². The summed E-state index contributed by atoms with van der Waals surface area (Å²) in [5.41, 5.74) is 9.83. The molecule has 0 radical (unpaired) electrons. The molecular weight excluding hydrogens is 418 g/mol. The lowest BCUT2D eigenvalue weighted by Crippen LogP contribution is -2.20. The second kappa shape index (κ2) is 9.35. The van der Waals surface area contributed by atoms with Crippen LogP contribution in [0, 0.1) is 13.8 Å². The van der Waals surface area contributed by atoms with Gasteiger partial charge in [0, 0.05) is 17.8 Å². The third-order valence-electron chi connectivity index (χ3n) is 5.06. The molecule has 0 unspecified atom stereocenters. The van der Waals surface area contributed by atoms with E-state index in [1.165, 1.54) is 12.3 Å². The fraction of sp³-hybridized carbons (Fsp3) is 0.120. The van der Waals surface area contributed by atoms with Crippen LogP contribution in [0.4, 0.5) is 5.69 Å². The Hall–Kier alpha value is -4.46. The molecule has 2 heterocycles. The third kappa shape index (κ3) is 4.45. The molecule has 2 aromatic heterocycles. The molecule has 0 fully saturated rings. The number of allylic oxidation sites excluding steroid dienone is 1. The first-order valence-electron chi connectivity index (χ1n) is 10.3. The zero-order chi connectivity index (χ0) is 23.4. The Kier molecular flexibility index (Phi) is 6.17. The highest BCUT2D eigenvalue weighted by Crippen LogP contribution is 2.32. The van der Waals surface area contributed by atoms with Gasteiger partial charge in [-0.1, -0.05) is 29.4 Å². The van der Waals surface area contributed by atoms with Crippen LogP contribution in [-0.2, 0) is 0 Å². The average molecular weight is 441 g/mol. The first-order valence-corrected chi connectivity index (χ1v) is 10.3. The predicted molar refractivity (Wildman–Crippen MR) is 127 cm³/mol. The molecule has 33 heavy (non-hydrogen) atoms. The highest BCUT2D eigenvalue weighted by atomic mass is 16.5. The van der Waals surface area contributed by atoms with E-state index in [1.807, 2.05) is 62.4 Å². The van der Waals surface area contributed by atoms with Gasteiger partial charge in [0.1, 0.15) is 17.2 Å². The molecule has 2 aromatic carbocycles. The maximum absolute atomic E-state index is 12.7. The van der Waals surface area contributed by atoms with Gasteiger partial charge in [-0.05, 0) is 56.0 Å². The number of nitrogens with zero attached hydrogens (tertiary/aromatic N) is 4. The molecule has 0 saturated carbocycles. The van der Waals surface area contributed by atoms with Gasteiger partial charge in [0.25, 0.3) is 0 Å². The highest BCUT2D eigenvalue weighted by molar-refractivity contribution is 6.08. The zero-order valence-electron chi connectivity index (χ0n) is 18.5. The monoisotopic (exact) mass is 441 g/mol. The predicted octanol–water partition coefficient (Wildman–Crippen LogP) is 4.11. The Labute approximate surface area is 190 Å². The van der Waals surface area contributed by atoms with Crippen LogP contribution < -0.4 is 15.9 Å². The molecular formula is C25H23N5O3. The molecule has 0 spiro atoms. The Morgan fingerprint density at radius 1 is 1.15 bits per heavy atom. The summed E-state index contributed by atoms with van der Waals surface area (Å²) in [4.78, 5) is 17.2. The van der Waals surface area contributed by atoms with Gasteiger partial charge < -0.3 is 15.0 Å². The SMILES string of the molecule is COc1cc(-c2c(C)noc2C)ccc1-n1ccc(=O)c(C(C=CN)=Nc2ccccc2)n1. The van der Waals surface area contributed by atoms with Crippen molar-refractivity contribution in [1.82, 2.24) is 14.9 Å². The molecule has 0 bridgehead atoms. The summed E-state index contributed by atoms with van der Waals surface area (Å²) < 4.78 is 12.5. The standard InChI is InChI=1S/C25H23N5O3/c1-16-24(17(2)33-29-16)18-9-10-21(23(15-18)32-3)30-14-12-22(31)25(28-30)20(11-13-26)27-19-7-5-4-6-8-19/h4-15H,26H2,1-3H3. The van der Waals surface area contributed by atoms with E-state index in [1.54, 1.807) is 24.1 Å². The van der Waals surface area contributed by atoms with E-state index in [2.05, 4.69) is 15.2 Å². The van der Waals surface area contributed by atoms with E-state index in [-0.39, 0.29) is 11.1 Å². The number of hydrogen-bond donors (Lipinski definition) is 1. The first-order chi connectivity index (χ1) is 16.0. The molecule has 0 atom stereocenters. The summed E-state index contributed by atoms with van der Waals surface area (Å²) in [6, 6.07) is 16.4. The summed E-state index contributed by atoms with van der Waals surface area (Å²) in [5.74, 6) is 1.30. The van der Waals surface area contributed by atoms with Gasteiger partial charge in [-0.15, -0.1) is 0 Å². The minimum Gasteiger partial charge on any atom is -0.494 e. The van der Waals surface area contributed by atoms with E-state index >= 15 is 0 Å². The van der Waals surface area contributed by atoms with Gasteiger partial charge >= 0.3 is 0 Å². The lowest BCUT2D eigenvalue weighted by atomic mass is 10.0. The lowest BCUT2D eigenvalue weighted by molar-refractivity contribution is 0.393. The van der Waals surface area contributed by atoms with E-state index in [0.29, 0.717) is 22.8 Å². The Balaban J connectivity index is 1.82. The van der Waals surface area contributed by atoms with Crippen molar-refractivity contribution in [1.29, 1.82) is 0 Å². The largest absolute Gasteiger partial charge is 0.494 e. The maximum atomic E-state index is 12.7. The molecule has 0 aliphatic rings. The topological polar surface area (TPSA) is 109 Å². The molecule has 0 saturated heterocycles. The fourth-order valence-corrected chi connectivity index (χ4v) is 3.54. The number of aromatic nitrogens is 3. The van der Waals surface area contributed by atoms with Crippen LogP contribution in [0.3, 0.4) is 0 Å². The van der Waals surface area contributed by atoms with Crippen LogP contribution in [0.2, 0.25) is 0 Å². The van der Waals surface area contributed by atoms with Crippen LogP contribution >= 0.6 is 0 Å². The molecule has 4 rings (SSSR count). The van der Waals surface area contributed by atoms with Gasteiger partial charge in [-0.2, -0.15) is 5.10 Å². The quantitative estimate of drug-likeness (QED) is 0.451. The number of rotatable bonds is 6. The smallest absolute Gasteiger partial charge is 0.209 e. The molecule has 8 heteroatoms. The van der Waals surface area contributed by atoms with Crippen LogP contribution in [0.1, 0.15) is 17.1 Å². The van der Waals surface area contributed by atoms with Crippen molar-refractivity contribution in [2.75, 3.05) is 7.11 Å². The summed E-state index contributed by atoms with van der Waals surface area (Å²) >= 11 is 0. The minimum absolute atomic E-state index is 0.167. The number of methoxy groups -OCH3 is 1. The zero-order valence-corrected chi connectivity index (χ0v) is 18.5. The molecule has 0 aliphatic carbocycles. The maximum Gasteiger partial charge on any atom is 0.209 e. The minimum atomic E-state index is -0.273. The number of hydrogen-bond acceptors (Lipinski definition) is 7. The summed E-state index contributed by atoms with van der Waals surface area (Å²) in [7, 11) is 1.58. The summed E-state index contributed by atoms with van der Waals surface area (Å²) in [6.07, 6.45) is 4.48. The van der Waals surface area contributed by atoms with Crippen molar-refractivity contribution in [2.45, 2.75) is 13.8 Å². The second-order valence-corrected chi connectivity index (χ2v) is 7.25. The number of benzene rings is 2. The molecule has 0 amide bonds. The summed E-state index contributed by atoms with van der Waals surface area (Å²) in [5, 5.41) is 8.57. The Morgan fingerprint density at radius 2 is 1.94 bits per heavy atom. The molecule has 4 aromatic rings. The van der Waals surface area contributed by atoms with Crippen molar-refractivity contribution in [3.05, 3.63) is 100 Å².